The van der Waals surface area contributed by atoms with Crippen molar-refractivity contribution in [2.45, 2.75) is 6.42 Å². The third kappa shape index (κ3) is 3.94. The minimum atomic E-state index is -0.447. The van der Waals surface area contributed by atoms with Crippen LogP contribution in [0.25, 0.3) is 22.0 Å². The number of aromatic amines is 1. The van der Waals surface area contributed by atoms with Crippen molar-refractivity contribution in [2.75, 3.05) is 19.0 Å². The third-order valence-electron chi connectivity index (χ3n) is 3.82. The number of urea groups is 1. The van der Waals surface area contributed by atoms with E-state index in [2.05, 4.69) is 25.6 Å². The van der Waals surface area contributed by atoms with E-state index in [4.69, 9.17) is 11.6 Å². The molecule has 0 aliphatic heterocycles. The molecule has 0 radical (unpaired) electrons. The van der Waals surface area contributed by atoms with Crippen LogP contribution in [0.1, 0.15) is 6.42 Å². The number of hydrogen-bond donors (Lipinski definition) is 3. The van der Waals surface area contributed by atoms with Crippen LogP contribution in [0, 0.1) is 0 Å². The Hall–Kier alpha value is -3.06. The van der Waals surface area contributed by atoms with Crippen molar-refractivity contribution in [1.29, 1.82) is 0 Å². The quantitative estimate of drug-likeness (QED) is 0.596. The number of rotatable bonds is 5. The van der Waals surface area contributed by atoms with E-state index >= 15 is 0 Å². The van der Waals surface area contributed by atoms with Gasteiger partial charge in [0.25, 0.3) is 0 Å². The molecule has 26 heavy (non-hydrogen) atoms. The molecule has 0 aliphatic rings. The van der Waals surface area contributed by atoms with E-state index in [9.17, 15) is 9.59 Å². The molecule has 3 N–H and O–H groups in total. The summed E-state index contributed by atoms with van der Waals surface area (Å²) in [4.78, 5) is 22.9. The largest absolute Gasteiger partial charge is 0.469 e. The van der Waals surface area contributed by atoms with Crippen molar-refractivity contribution in [1.82, 2.24) is 15.5 Å². The number of methoxy groups -OCH3 is 1. The van der Waals surface area contributed by atoms with Gasteiger partial charge in [-0.25, -0.2) is 4.79 Å². The summed E-state index contributed by atoms with van der Waals surface area (Å²) in [5, 5.41) is 13.7. The Balaban J connectivity index is 1.72. The van der Waals surface area contributed by atoms with Gasteiger partial charge in [-0.1, -0.05) is 35.9 Å². The van der Waals surface area contributed by atoms with Crippen LogP contribution in [-0.4, -0.2) is 35.9 Å². The van der Waals surface area contributed by atoms with Crippen LogP contribution in [0.3, 0.4) is 0 Å². The second kappa shape index (κ2) is 7.88. The number of fused-ring (bicyclic) bond motifs is 1. The lowest BCUT2D eigenvalue weighted by atomic mass is 10.0. The lowest BCUT2D eigenvalue weighted by Gasteiger charge is -2.06. The van der Waals surface area contributed by atoms with Crippen molar-refractivity contribution in [2.24, 2.45) is 0 Å². The van der Waals surface area contributed by atoms with Gasteiger partial charge < -0.3 is 10.1 Å². The third-order valence-corrected chi connectivity index (χ3v) is 4.15. The van der Waals surface area contributed by atoms with Gasteiger partial charge in [0.2, 0.25) is 0 Å². The molecule has 1 aromatic heterocycles. The van der Waals surface area contributed by atoms with Crippen molar-refractivity contribution in [3.05, 3.63) is 47.5 Å². The van der Waals surface area contributed by atoms with Crippen LogP contribution in [0.15, 0.2) is 42.5 Å². The number of esters is 1. The van der Waals surface area contributed by atoms with E-state index in [1.807, 2.05) is 42.5 Å². The van der Waals surface area contributed by atoms with Crippen LogP contribution in [0.4, 0.5) is 10.6 Å². The molecule has 0 spiro atoms. The smallest absolute Gasteiger partial charge is 0.320 e. The van der Waals surface area contributed by atoms with Gasteiger partial charge in [-0.15, -0.1) is 0 Å². The fourth-order valence-electron chi connectivity index (χ4n) is 2.51. The molecule has 3 rings (SSSR count). The fourth-order valence-corrected chi connectivity index (χ4v) is 2.75. The molecule has 0 unspecified atom stereocenters. The first-order valence-corrected chi connectivity index (χ1v) is 8.31. The number of hydrogen-bond acceptors (Lipinski definition) is 4. The van der Waals surface area contributed by atoms with E-state index in [0.29, 0.717) is 10.8 Å². The zero-order valence-corrected chi connectivity index (χ0v) is 14.8. The van der Waals surface area contributed by atoms with E-state index < -0.39 is 6.03 Å². The normalized spacial score (nSPS) is 10.5. The van der Waals surface area contributed by atoms with Crippen LogP contribution in [0.5, 0.6) is 0 Å². The number of carbonyl (C=O) groups excluding carboxylic acids is 2. The highest BCUT2D eigenvalue weighted by atomic mass is 35.5. The first kappa shape index (κ1) is 17.8. The maximum absolute atomic E-state index is 11.9. The molecule has 3 aromatic rings. The van der Waals surface area contributed by atoms with E-state index in [0.717, 1.165) is 22.0 Å². The van der Waals surface area contributed by atoms with Gasteiger partial charge in [-0.05, 0) is 23.8 Å². The Labute approximate surface area is 154 Å². The van der Waals surface area contributed by atoms with Crippen molar-refractivity contribution >= 4 is 40.3 Å². The Morgan fingerprint density at radius 1 is 1.23 bits per heavy atom. The molecule has 0 aliphatic carbocycles. The fraction of sp³-hybridized carbons (Fsp3) is 0.167. The minimum absolute atomic E-state index is 0.104. The standard InChI is InChI=1S/C18H17ClN4O3/c1-26-16(24)8-9-20-18(25)21-17-13-7-6-11(10-15(13)22-23-17)12-4-2-3-5-14(12)19/h2-7,10H,8-9H2,1H3,(H3,20,21,22,23,25). The van der Waals surface area contributed by atoms with E-state index in [1.165, 1.54) is 7.11 Å². The number of halogens is 1. The topological polar surface area (TPSA) is 96.1 Å². The lowest BCUT2D eigenvalue weighted by molar-refractivity contribution is -0.140. The maximum atomic E-state index is 11.9. The summed E-state index contributed by atoms with van der Waals surface area (Å²) < 4.78 is 4.51. The maximum Gasteiger partial charge on any atom is 0.320 e. The number of amides is 2. The van der Waals surface area contributed by atoms with Gasteiger partial charge in [-0.2, -0.15) is 5.10 Å². The monoisotopic (exact) mass is 372 g/mol. The molecule has 7 nitrogen and oxygen atoms in total. The SMILES string of the molecule is COC(=O)CCNC(=O)Nc1n[nH]c2cc(-c3ccccc3Cl)ccc12. The molecule has 0 saturated carbocycles. The number of nitrogens with one attached hydrogen (secondary N) is 3. The number of aromatic nitrogens is 2. The van der Waals surface area contributed by atoms with Crippen molar-refractivity contribution in [3.63, 3.8) is 0 Å². The van der Waals surface area contributed by atoms with Gasteiger partial charge in [-0.3, -0.25) is 15.2 Å². The predicted octanol–water partition coefficient (Wildman–Crippen LogP) is 3.57. The summed E-state index contributed by atoms with van der Waals surface area (Å²) in [7, 11) is 1.30. The molecule has 0 saturated heterocycles. The van der Waals surface area contributed by atoms with Gasteiger partial charge in [0.05, 0.1) is 19.0 Å². The lowest BCUT2D eigenvalue weighted by Crippen LogP contribution is -2.30. The Bertz CT molecular complexity index is 955. The molecule has 0 fully saturated rings. The zero-order valence-electron chi connectivity index (χ0n) is 14.0. The Morgan fingerprint density at radius 2 is 2.04 bits per heavy atom. The highest BCUT2D eigenvalue weighted by molar-refractivity contribution is 6.33. The summed E-state index contributed by atoms with van der Waals surface area (Å²) in [5.41, 5.74) is 2.63. The number of ether oxygens (including phenoxy) is 1. The number of carbonyl (C=O) groups is 2. The molecular weight excluding hydrogens is 356 g/mol. The number of benzene rings is 2. The van der Waals surface area contributed by atoms with Crippen LogP contribution >= 0.6 is 11.6 Å². The van der Waals surface area contributed by atoms with Crippen LogP contribution in [-0.2, 0) is 9.53 Å². The molecule has 0 bridgehead atoms. The molecule has 134 valence electrons. The molecule has 8 heteroatoms. The van der Waals surface area contributed by atoms with E-state index in [1.54, 1.807) is 0 Å². The Morgan fingerprint density at radius 3 is 2.81 bits per heavy atom. The number of nitrogens with zero attached hydrogens (tertiary/aromatic N) is 1. The summed E-state index contributed by atoms with van der Waals surface area (Å²) in [5.74, 6) is 0.0175. The van der Waals surface area contributed by atoms with Gasteiger partial charge >= 0.3 is 12.0 Å². The highest BCUT2D eigenvalue weighted by Crippen LogP contribution is 2.31. The van der Waals surface area contributed by atoms with E-state index in [-0.39, 0.29) is 18.9 Å². The number of H-pyrrole nitrogens is 1. The number of anilines is 1. The average Bonchev–Trinajstić information content (AvgIpc) is 3.04. The highest BCUT2D eigenvalue weighted by Gasteiger charge is 2.11. The average molecular weight is 373 g/mol. The second-order valence-corrected chi connectivity index (χ2v) is 5.93. The molecule has 1 heterocycles. The van der Waals surface area contributed by atoms with Gasteiger partial charge in [0, 0.05) is 22.5 Å². The molecule has 0 atom stereocenters. The van der Waals surface area contributed by atoms with Gasteiger partial charge in [0.1, 0.15) is 0 Å². The minimum Gasteiger partial charge on any atom is -0.469 e. The summed E-state index contributed by atoms with van der Waals surface area (Å²) in [6, 6.07) is 12.8. The van der Waals surface area contributed by atoms with Crippen LogP contribution < -0.4 is 10.6 Å². The molecular formula is C18H17ClN4O3. The first-order chi connectivity index (χ1) is 12.6. The van der Waals surface area contributed by atoms with Gasteiger partial charge in [0.15, 0.2) is 5.82 Å². The molecule has 2 amide bonds. The predicted molar refractivity (Wildman–Crippen MR) is 100 cm³/mol. The van der Waals surface area contributed by atoms with Crippen molar-refractivity contribution in [3.8, 4) is 11.1 Å². The zero-order chi connectivity index (χ0) is 18.5. The van der Waals surface area contributed by atoms with Crippen LogP contribution in [0.2, 0.25) is 5.02 Å². The summed E-state index contributed by atoms with van der Waals surface area (Å²) >= 11 is 6.24. The Kier molecular flexibility index (Phi) is 5.38. The summed E-state index contributed by atoms with van der Waals surface area (Å²) in [6.07, 6.45) is 0.104. The summed E-state index contributed by atoms with van der Waals surface area (Å²) in [6.45, 7) is 0.178. The van der Waals surface area contributed by atoms with Crippen molar-refractivity contribution < 1.29 is 14.3 Å². The second-order valence-electron chi connectivity index (χ2n) is 5.52. The first-order valence-electron chi connectivity index (χ1n) is 7.93. The molecule has 2 aromatic carbocycles.